The zero-order valence-corrected chi connectivity index (χ0v) is 20.9. The van der Waals surface area contributed by atoms with Crippen molar-refractivity contribution in [2.24, 2.45) is 17.8 Å². The first-order chi connectivity index (χ1) is 17.3. The Balaban J connectivity index is 1.76. The number of ether oxygens (including phenoxy) is 1. The maximum absolute atomic E-state index is 14.3. The molecule has 1 aromatic rings. The molecule has 190 valence electrons. The molecule has 0 bridgehead atoms. The van der Waals surface area contributed by atoms with E-state index in [1.807, 2.05) is 37.3 Å². The fraction of sp³-hybridized carbons (Fsp3) is 0.519. The van der Waals surface area contributed by atoms with Crippen LogP contribution >= 0.6 is 0 Å². The van der Waals surface area contributed by atoms with Crippen LogP contribution in [0, 0.1) is 17.8 Å². The molecule has 4 aliphatic rings. The van der Waals surface area contributed by atoms with Crippen molar-refractivity contribution in [3.8, 4) is 0 Å². The number of imide groups is 3. The fourth-order valence-electron chi connectivity index (χ4n) is 6.86. The number of amides is 6. The molecule has 1 aromatic carbocycles. The zero-order valence-electron chi connectivity index (χ0n) is 20.9. The first-order valence-electron chi connectivity index (χ1n) is 12.6. The molecule has 1 aliphatic carbocycles. The van der Waals surface area contributed by atoms with Gasteiger partial charge in [0.25, 0.3) is 11.8 Å². The van der Waals surface area contributed by atoms with Crippen molar-refractivity contribution >= 4 is 29.7 Å². The van der Waals surface area contributed by atoms with Gasteiger partial charge in [0, 0.05) is 31.6 Å². The Morgan fingerprint density at radius 1 is 1.00 bits per heavy atom. The minimum atomic E-state index is -1.61. The van der Waals surface area contributed by atoms with E-state index in [0.717, 1.165) is 20.9 Å². The largest absolute Gasteiger partial charge is 0.383 e. The van der Waals surface area contributed by atoms with Crippen LogP contribution in [0.15, 0.2) is 41.5 Å². The topological polar surface area (TPSA) is 104 Å². The molecule has 9 nitrogen and oxygen atoms in total. The molecule has 36 heavy (non-hydrogen) atoms. The average molecular weight is 494 g/mol. The van der Waals surface area contributed by atoms with Gasteiger partial charge in [-0.05, 0) is 31.7 Å². The van der Waals surface area contributed by atoms with Gasteiger partial charge in [-0.1, -0.05) is 42.8 Å². The molecule has 0 unspecified atom stereocenters. The van der Waals surface area contributed by atoms with E-state index >= 15 is 0 Å². The van der Waals surface area contributed by atoms with Crippen molar-refractivity contribution < 1.29 is 28.7 Å². The quantitative estimate of drug-likeness (QED) is 0.426. The summed E-state index contributed by atoms with van der Waals surface area (Å²) in [6.07, 6.45) is 1.35. The molecule has 3 heterocycles. The first-order valence-corrected chi connectivity index (χ1v) is 12.6. The van der Waals surface area contributed by atoms with Crippen molar-refractivity contribution in [3.05, 3.63) is 47.0 Å². The summed E-state index contributed by atoms with van der Waals surface area (Å²) in [5.41, 5.74) is 0.396. The third kappa shape index (κ3) is 3.14. The predicted octanol–water partition coefficient (Wildman–Crippen LogP) is 2.16. The summed E-state index contributed by atoms with van der Waals surface area (Å²) in [5, 5.41) is 0. The van der Waals surface area contributed by atoms with E-state index in [-0.39, 0.29) is 37.9 Å². The third-order valence-electron chi connectivity index (χ3n) is 8.33. The lowest BCUT2D eigenvalue weighted by Gasteiger charge is -2.50. The van der Waals surface area contributed by atoms with Crippen molar-refractivity contribution in [2.45, 2.75) is 45.1 Å². The number of methoxy groups -OCH3 is 1. The number of benzene rings is 1. The molecular formula is C27H31N3O6. The molecule has 2 saturated heterocycles. The van der Waals surface area contributed by atoms with Crippen molar-refractivity contribution in [2.75, 3.05) is 26.8 Å². The van der Waals surface area contributed by atoms with Crippen LogP contribution in [-0.2, 0) is 30.3 Å². The van der Waals surface area contributed by atoms with Crippen LogP contribution in [0.4, 0.5) is 4.79 Å². The van der Waals surface area contributed by atoms with E-state index in [0.29, 0.717) is 24.8 Å². The van der Waals surface area contributed by atoms with Crippen LogP contribution in [-0.4, -0.2) is 76.7 Å². The van der Waals surface area contributed by atoms with E-state index < -0.39 is 41.1 Å². The van der Waals surface area contributed by atoms with Crippen LogP contribution in [0.25, 0.3) is 0 Å². The van der Waals surface area contributed by atoms with Gasteiger partial charge in [-0.15, -0.1) is 0 Å². The smallest absolute Gasteiger partial charge is 0.334 e. The van der Waals surface area contributed by atoms with Crippen LogP contribution in [0.2, 0.25) is 0 Å². The van der Waals surface area contributed by atoms with Crippen molar-refractivity contribution in [1.82, 2.24) is 14.7 Å². The summed E-state index contributed by atoms with van der Waals surface area (Å²) >= 11 is 0. The maximum Gasteiger partial charge on any atom is 0.334 e. The average Bonchev–Trinajstić information content (AvgIpc) is 3.25. The summed E-state index contributed by atoms with van der Waals surface area (Å²) < 4.78 is 5.14. The monoisotopic (exact) mass is 493 g/mol. The minimum absolute atomic E-state index is 0.0000548. The lowest BCUT2D eigenvalue weighted by atomic mass is 9.57. The predicted molar refractivity (Wildman–Crippen MR) is 128 cm³/mol. The number of hydrogen-bond acceptors (Lipinski definition) is 6. The minimum Gasteiger partial charge on any atom is -0.383 e. The molecule has 0 N–H and O–H groups in total. The summed E-state index contributed by atoms with van der Waals surface area (Å²) in [6, 6.07) is 8.55. The molecule has 6 amide bonds. The molecule has 1 saturated carbocycles. The highest BCUT2D eigenvalue weighted by molar-refractivity contribution is 6.20. The molecule has 3 fully saturated rings. The Kier molecular flexibility index (Phi) is 6.06. The van der Waals surface area contributed by atoms with Gasteiger partial charge < -0.3 is 4.74 Å². The molecule has 3 aliphatic heterocycles. The van der Waals surface area contributed by atoms with Crippen LogP contribution < -0.4 is 0 Å². The number of urea groups is 1. The number of carbonyl (C=O) groups is 5. The highest BCUT2D eigenvalue weighted by atomic mass is 16.5. The SMILES string of the molecule is CCC1=C2CC[C@H]3C(=O)N(CC)C(=O)[C@H]3[C@H]2[C@@]2(Cc3ccccc3)C(=O)N(CCOC)C(=O)N2C1=O. The van der Waals surface area contributed by atoms with E-state index in [4.69, 9.17) is 4.74 Å². The fourth-order valence-corrected chi connectivity index (χ4v) is 6.86. The zero-order chi connectivity index (χ0) is 25.8. The lowest BCUT2D eigenvalue weighted by Crippen LogP contribution is -2.65. The first kappa shape index (κ1) is 24.4. The lowest BCUT2D eigenvalue weighted by molar-refractivity contribution is -0.148. The van der Waals surface area contributed by atoms with Crippen LogP contribution in [0.1, 0.15) is 38.7 Å². The summed E-state index contributed by atoms with van der Waals surface area (Å²) in [5.74, 6) is -3.63. The number of rotatable bonds is 7. The Labute approximate surface area is 210 Å². The maximum atomic E-state index is 14.3. The van der Waals surface area contributed by atoms with Gasteiger partial charge in [-0.25, -0.2) is 9.69 Å². The Hall–Kier alpha value is -3.33. The second kappa shape index (κ2) is 8.96. The summed E-state index contributed by atoms with van der Waals surface area (Å²) in [7, 11) is 1.48. The molecule has 0 spiro atoms. The summed E-state index contributed by atoms with van der Waals surface area (Å²) in [6.45, 7) is 3.98. The van der Waals surface area contributed by atoms with Crippen molar-refractivity contribution in [1.29, 1.82) is 0 Å². The van der Waals surface area contributed by atoms with E-state index in [1.54, 1.807) is 6.92 Å². The second-order valence-corrected chi connectivity index (χ2v) is 9.89. The number of hydrogen-bond donors (Lipinski definition) is 0. The van der Waals surface area contributed by atoms with Gasteiger partial charge >= 0.3 is 6.03 Å². The van der Waals surface area contributed by atoms with Gasteiger partial charge in [-0.2, -0.15) is 0 Å². The second-order valence-electron chi connectivity index (χ2n) is 9.89. The molecule has 0 radical (unpaired) electrons. The highest BCUT2D eigenvalue weighted by Crippen LogP contribution is 2.57. The third-order valence-corrected chi connectivity index (χ3v) is 8.33. The molecule has 9 heteroatoms. The Morgan fingerprint density at radius 3 is 2.36 bits per heavy atom. The number of nitrogens with zero attached hydrogens (tertiary/aromatic N) is 3. The standard InChI is InChI=1S/C27H31N3O6/c1-4-17-18-11-12-19-20(24(33)28(5-2)22(19)31)21(18)27(15-16-9-7-6-8-10-16)25(34)29(13-14-36-3)26(35)30(27)23(17)32/h6-10,19-21H,4-5,11-15H2,1-3H3/t19-,20-,21+,27+/m1/s1. The van der Waals surface area contributed by atoms with Crippen LogP contribution in [0.3, 0.4) is 0 Å². The Morgan fingerprint density at radius 2 is 1.72 bits per heavy atom. The number of fused-ring (bicyclic) bond motifs is 5. The van der Waals surface area contributed by atoms with Gasteiger partial charge in [0.15, 0.2) is 0 Å². The number of carbonyl (C=O) groups excluding carboxylic acids is 5. The van der Waals surface area contributed by atoms with E-state index in [9.17, 15) is 24.0 Å². The van der Waals surface area contributed by atoms with Gasteiger partial charge in [0.1, 0.15) is 5.54 Å². The Bertz CT molecular complexity index is 1180. The molecule has 5 rings (SSSR count). The van der Waals surface area contributed by atoms with Gasteiger partial charge in [-0.3, -0.25) is 29.0 Å². The van der Waals surface area contributed by atoms with Crippen molar-refractivity contribution in [3.63, 3.8) is 0 Å². The van der Waals surface area contributed by atoms with E-state index in [2.05, 4.69) is 0 Å². The van der Waals surface area contributed by atoms with Crippen LogP contribution in [0.5, 0.6) is 0 Å². The summed E-state index contributed by atoms with van der Waals surface area (Å²) in [4.78, 5) is 72.3. The molecule has 4 atom stereocenters. The number of likely N-dealkylation sites (tertiary alicyclic amines) is 1. The van der Waals surface area contributed by atoms with Gasteiger partial charge in [0.2, 0.25) is 11.8 Å². The normalized spacial score (nSPS) is 29.8. The highest BCUT2D eigenvalue weighted by Gasteiger charge is 2.71. The molecule has 0 aromatic heterocycles. The molecular weight excluding hydrogens is 462 g/mol. The van der Waals surface area contributed by atoms with Gasteiger partial charge in [0.05, 0.1) is 25.0 Å². The van der Waals surface area contributed by atoms with E-state index in [1.165, 1.54) is 12.0 Å².